The third-order valence-electron chi connectivity index (χ3n) is 7.86. The SMILES string of the molecule is CNCCS(=O)(=O)O.Cc1cc(C)c(-c2ccc(NC(=O)c3ccc(C=O)cc3)cc2)c(C)c1.Cc1ccc(C2=CCC(F)(F)CC2)cc1. The predicted molar refractivity (Wildman–Crippen MR) is 194 cm³/mol. The van der Waals surface area contributed by atoms with Gasteiger partial charge in [-0.3, -0.25) is 14.1 Å². The molecule has 0 heterocycles. The maximum absolute atomic E-state index is 12.9. The zero-order valence-electron chi connectivity index (χ0n) is 28.5. The van der Waals surface area contributed by atoms with Crippen LogP contribution in [0.4, 0.5) is 14.5 Å². The molecule has 1 aliphatic carbocycles. The van der Waals surface area contributed by atoms with Crippen LogP contribution in [-0.2, 0) is 10.1 Å². The number of anilines is 1. The summed E-state index contributed by atoms with van der Waals surface area (Å²) < 4.78 is 53.7. The summed E-state index contributed by atoms with van der Waals surface area (Å²) in [5.41, 5.74) is 11.3. The van der Waals surface area contributed by atoms with Crippen molar-refractivity contribution in [3.63, 3.8) is 0 Å². The third kappa shape index (κ3) is 12.8. The van der Waals surface area contributed by atoms with Crippen molar-refractivity contribution in [2.24, 2.45) is 0 Å². The number of alkyl halides is 2. The maximum atomic E-state index is 12.9. The Hall–Kier alpha value is -4.51. The highest BCUT2D eigenvalue weighted by Crippen LogP contribution is 2.36. The Labute approximate surface area is 288 Å². The van der Waals surface area contributed by atoms with Crippen LogP contribution in [-0.4, -0.2) is 50.4 Å². The van der Waals surface area contributed by atoms with Crippen LogP contribution in [0.3, 0.4) is 0 Å². The van der Waals surface area contributed by atoms with Gasteiger partial charge >= 0.3 is 0 Å². The molecule has 0 atom stereocenters. The van der Waals surface area contributed by atoms with E-state index in [2.05, 4.69) is 43.5 Å². The van der Waals surface area contributed by atoms with E-state index in [1.165, 1.54) is 27.8 Å². The smallest absolute Gasteiger partial charge is 0.266 e. The summed E-state index contributed by atoms with van der Waals surface area (Å²) in [5.74, 6) is -2.91. The molecule has 0 aromatic heterocycles. The minimum atomic E-state index is -3.75. The van der Waals surface area contributed by atoms with E-state index in [9.17, 15) is 26.8 Å². The molecule has 0 saturated carbocycles. The van der Waals surface area contributed by atoms with E-state index in [4.69, 9.17) is 4.55 Å². The summed E-state index contributed by atoms with van der Waals surface area (Å²) in [4.78, 5) is 23.0. The molecule has 0 spiro atoms. The first-order valence-electron chi connectivity index (χ1n) is 15.9. The highest BCUT2D eigenvalue weighted by molar-refractivity contribution is 7.85. The lowest BCUT2D eigenvalue weighted by atomic mass is 9.91. The van der Waals surface area contributed by atoms with Crippen LogP contribution in [0.25, 0.3) is 16.7 Å². The molecule has 1 aliphatic rings. The number of nitrogens with one attached hydrogen (secondary N) is 2. The number of carbonyl (C=O) groups excluding carboxylic acids is 2. The normalized spacial score (nSPS) is 13.5. The van der Waals surface area contributed by atoms with Crippen molar-refractivity contribution in [3.8, 4) is 11.1 Å². The van der Waals surface area contributed by atoms with Crippen LogP contribution in [0.15, 0.2) is 91.0 Å². The van der Waals surface area contributed by atoms with E-state index >= 15 is 0 Å². The van der Waals surface area contributed by atoms with Gasteiger partial charge in [0.1, 0.15) is 6.29 Å². The number of aldehydes is 1. The minimum absolute atomic E-state index is 0.0211. The molecule has 1 amide bonds. The number of hydrogen-bond donors (Lipinski definition) is 3. The number of halogens is 2. The van der Waals surface area contributed by atoms with Gasteiger partial charge in [-0.1, -0.05) is 77.9 Å². The Balaban J connectivity index is 0.000000237. The largest absolute Gasteiger partial charge is 0.322 e. The van der Waals surface area contributed by atoms with Crippen molar-refractivity contribution in [3.05, 3.63) is 130 Å². The van der Waals surface area contributed by atoms with Gasteiger partial charge in [0.05, 0.1) is 5.75 Å². The lowest BCUT2D eigenvalue weighted by Crippen LogP contribution is -2.18. The van der Waals surface area contributed by atoms with Crippen molar-refractivity contribution in [1.29, 1.82) is 0 Å². The molecule has 260 valence electrons. The average Bonchev–Trinajstić information content (AvgIpc) is 3.05. The van der Waals surface area contributed by atoms with E-state index in [1.807, 2.05) is 55.5 Å². The molecule has 0 fully saturated rings. The molecule has 10 heteroatoms. The standard InChI is InChI=1S/C23H21NO2.C13H14F2.C3H9NO3S/c1-15-12-16(2)22(17(3)13-15)19-8-10-21(11-9-19)24-23(26)20-6-4-18(14-25)5-7-20;1-10-2-4-11(5-3-10)12-6-8-13(14,15)9-7-12;1-4-2-3-8(5,6)7/h4-14H,1-3H3,(H,24,26);2-6H,7-9H2,1H3;4H,2-3H2,1H3,(H,5,6,7). The van der Waals surface area contributed by atoms with Crippen molar-refractivity contribution in [2.75, 3.05) is 24.7 Å². The van der Waals surface area contributed by atoms with Crippen molar-refractivity contribution < 1.29 is 31.3 Å². The Kier molecular flexibility index (Phi) is 14.1. The maximum Gasteiger partial charge on any atom is 0.266 e. The zero-order chi connectivity index (χ0) is 36.2. The Bertz CT molecular complexity index is 1830. The van der Waals surface area contributed by atoms with Gasteiger partial charge in [0.15, 0.2) is 0 Å². The van der Waals surface area contributed by atoms with Gasteiger partial charge in [0.25, 0.3) is 21.9 Å². The first kappa shape index (κ1) is 38.9. The molecule has 0 saturated heterocycles. The summed E-state index contributed by atoms with van der Waals surface area (Å²) in [7, 11) is -2.13. The summed E-state index contributed by atoms with van der Waals surface area (Å²) in [6.45, 7) is 8.65. The van der Waals surface area contributed by atoms with Gasteiger partial charge in [-0.25, -0.2) is 8.78 Å². The fourth-order valence-electron chi connectivity index (χ4n) is 5.33. The number of carbonyl (C=O) groups is 2. The summed E-state index contributed by atoms with van der Waals surface area (Å²) in [5, 5.41) is 5.47. The molecule has 0 aliphatic heterocycles. The number of aryl methyl sites for hydroxylation is 4. The van der Waals surface area contributed by atoms with Gasteiger partial charge in [-0.2, -0.15) is 8.42 Å². The lowest BCUT2D eigenvalue weighted by molar-refractivity contribution is -0.00604. The predicted octanol–water partition coefficient (Wildman–Crippen LogP) is 8.63. The highest BCUT2D eigenvalue weighted by atomic mass is 32.2. The zero-order valence-corrected chi connectivity index (χ0v) is 29.3. The second kappa shape index (κ2) is 17.8. The molecule has 49 heavy (non-hydrogen) atoms. The highest BCUT2D eigenvalue weighted by Gasteiger charge is 2.30. The van der Waals surface area contributed by atoms with Crippen LogP contribution in [0.2, 0.25) is 0 Å². The average molecular weight is 691 g/mol. The Morgan fingerprint density at radius 1 is 0.857 bits per heavy atom. The number of allylic oxidation sites excluding steroid dienone is 2. The summed E-state index contributed by atoms with van der Waals surface area (Å²) >= 11 is 0. The first-order chi connectivity index (χ1) is 23.1. The number of amides is 1. The number of hydrogen-bond acceptors (Lipinski definition) is 5. The van der Waals surface area contributed by atoms with E-state index < -0.39 is 16.0 Å². The molecule has 4 aromatic rings. The minimum Gasteiger partial charge on any atom is -0.322 e. The van der Waals surface area contributed by atoms with Crippen molar-refractivity contribution in [1.82, 2.24) is 5.32 Å². The Morgan fingerprint density at radius 2 is 1.43 bits per heavy atom. The van der Waals surface area contributed by atoms with Gasteiger partial charge in [-0.15, -0.1) is 0 Å². The molecular weight excluding hydrogens is 647 g/mol. The van der Waals surface area contributed by atoms with Crippen LogP contribution in [0, 0.1) is 27.7 Å². The van der Waals surface area contributed by atoms with E-state index in [-0.39, 0.29) is 24.5 Å². The first-order valence-corrected chi connectivity index (χ1v) is 17.5. The summed E-state index contributed by atoms with van der Waals surface area (Å²) in [6.07, 6.45) is 2.78. The molecular formula is C39H44F2N2O5S. The molecule has 0 unspecified atom stereocenters. The van der Waals surface area contributed by atoms with Crippen LogP contribution < -0.4 is 10.6 Å². The van der Waals surface area contributed by atoms with Crippen molar-refractivity contribution in [2.45, 2.75) is 52.9 Å². The molecule has 0 radical (unpaired) electrons. The third-order valence-corrected chi connectivity index (χ3v) is 8.58. The molecule has 0 bridgehead atoms. The van der Waals surface area contributed by atoms with Gasteiger partial charge in [0.2, 0.25) is 0 Å². The van der Waals surface area contributed by atoms with Crippen LogP contribution in [0.5, 0.6) is 0 Å². The van der Waals surface area contributed by atoms with E-state index in [0.29, 0.717) is 24.1 Å². The summed E-state index contributed by atoms with van der Waals surface area (Å²) in [6, 6.07) is 26.8. The second-order valence-electron chi connectivity index (χ2n) is 12.1. The number of benzene rings is 4. The van der Waals surface area contributed by atoms with Crippen molar-refractivity contribution >= 4 is 33.6 Å². The van der Waals surface area contributed by atoms with Gasteiger partial charge in [-0.05, 0) is 98.8 Å². The number of rotatable bonds is 8. The fourth-order valence-corrected chi connectivity index (χ4v) is 5.79. The van der Waals surface area contributed by atoms with Crippen LogP contribution in [0.1, 0.15) is 67.8 Å². The monoisotopic (exact) mass is 690 g/mol. The van der Waals surface area contributed by atoms with E-state index in [0.717, 1.165) is 28.7 Å². The van der Waals surface area contributed by atoms with Crippen LogP contribution >= 0.6 is 0 Å². The quantitative estimate of drug-likeness (QED) is 0.126. The molecule has 7 nitrogen and oxygen atoms in total. The van der Waals surface area contributed by atoms with E-state index in [1.54, 1.807) is 37.4 Å². The van der Waals surface area contributed by atoms with Gasteiger partial charge in [0, 0.05) is 36.2 Å². The second-order valence-corrected chi connectivity index (χ2v) is 13.7. The van der Waals surface area contributed by atoms with Gasteiger partial charge < -0.3 is 10.6 Å². The molecule has 4 aromatic carbocycles. The lowest BCUT2D eigenvalue weighted by Gasteiger charge is -2.21. The molecule has 5 rings (SSSR count). The topological polar surface area (TPSA) is 113 Å². The molecule has 3 N–H and O–H groups in total. The fraction of sp³-hybridized carbons (Fsp3) is 0.282. The Morgan fingerprint density at radius 3 is 1.90 bits per heavy atom.